The molecule has 0 fully saturated rings. The molecule has 2 aromatic rings. The third-order valence-electron chi connectivity index (χ3n) is 3.02. The molecule has 20 heavy (non-hydrogen) atoms. The van der Waals surface area contributed by atoms with E-state index in [-0.39, 0.29) is 17.2 Å². The maximum atomic E-state index is 13.1. The highest BCUT2D eigenvalue weighted by Gasteiger charge is 2.21. The van der Waals surface area contributed by atoms with Crippen molar-refractivity contribution in [2.24, 2.45) is 5.73 Å². The van der Waals surface area contributed by atoms with Crippen molar-refractivity contribution in [1.82, 2.24) is 4.98 Å². The molecule has 0 spiro atoms. The zero-order valence-electron chi connectivity index (χ0n) is 11.1. The first-order valence-corrected chi connectivity index (χ1v) is 6.76. The first kappa shape index (κ1) is 14.8. The van der Waals surface area contributed by atoms with Crippen molar-refractivity contribution in [1.29, 1.82) is 0 Å². The van der Waals surface area contributed by atoms with Crippen molar-refractivity contribution >= 4 is 11.6 Å². The molecular formula is C15H16ClFN2O. The van der Waals surface area contributed by atoms with Crippen LogP contribution in [0.15, 0.2) is 42.7 Å². The van der Waals surface area contributed by atoms with Gasteiger partial charge in [0.15, 0.2) is 0 Å². The Kier molecular flexibility index (Phi) is 4.93. The molecule has 0 saturated heterocycles. The summed E-state index contributed by atoms with van der Waals surface area (Å²) in [6.45, 7) is 1.98. The van der Waals surface area contributed by atoms with Crippen molar-refractivity contribution in [2.45, 2.75) is 25.5 Å². The van der Waals surface area contributed by atoms with Crippen LogP contribution < -0.4 is 10.5 Å². The largest absolute Gasteiger partial charge is 0.482 e. The van der Waals surface area contributed by atoms with E-state index in [0.29, 0.717) is 5.75 Å². The van der Waals surface area contributed by atoms with Crippen LogP contribution in [0, 0.1) is 5.82 Å². The number of halogens is 2. The second-order valence-electron chi connectivity index (χ2n) is 4.47. The minimum atomic E-state index is -0.403. The molecule has 0 aliphatic rings. The summed E-state index contributed by atoms with van der Waals surface area (Å²) in [5, 5.41) is 0.224. The van der Waals surface area contributed by atoms with Gasteiger partial charge in [0, 0.05) is 24.0 Å². The van der Waals surface area contributed by atoms with Gasteiger partial charge >= 0.3 is 0 Å². The average Bonchev–Trinajstić information content (AvgIpc) is 2.46. The highest BCUT2D eigenvalue weighted by molar-refractivity contribution is 6.32. The van der Waals surface area contributed by atoms with Gasteiger partial charge in [-0.2, -0.15) is 0 Å². The van der Waals surface area contributed by atoms with E-state index in [0.717, 1.165) is 12.0 Å². The lowest BCUT2D eigenvalue weighted by Gasteiger charge is -2.25. The van der Waals surface area contributed by atoms with Crippen molar-refractivity contribution in [3.8, 4) is 5.75 Å². The molecule has 3 nitrogen and oxygen atoms in total. The number of hydrogen-bond donors (Lipinski definition) is 1. The molecular weight excluding hydrogens is 279 g/mol. The molecule has 2 N–H and O–H groups in total. The summed E-state index contributed by atoms with van der Waals surface area (Å²) in [5.41, 5.74) is 6.97. The minimum absolute atomic E-state index is 0.208. The van der Waals surface area contributed by atoms with E-state index in [1.54, 1.807) is 12.4 Å². The monoisotopic (exact) mass is 294 g/mol. The summed E-state index contributed by atoms with van der Waals surface area (Å²) in [6, 6.07) is 7.53. The van der Waals surface area contributed by atoms with Crippen LogP contribution in [-0.2, 0) is 0 Å². The maximum absolute atomic E-state index is 13.1. The number of pyridine rings is 1. The van der Waals surface area contributed by atoms with Crippen LogP contribution in [0.3, 0.4) is 0 Å². The Morgan fingerprint density at radius 1 is 1.40 bits per heavy atom. The van der Waals surface area contributed by atoms with Crippen LogP contribution in [0.25, 0.3) is 0 Å². The van der Waals surface area contributed by atoms with Gasteiger partial charge in [-0.15, -0.1) is 0 Å². The van der Waals surface area contributed by atoms with Crippen LogP contribution in [0.4, 0.5) is 4.39 Å². The lowest BCUT2D eigenvalue weighted by Crippen LogP contribution is -2.31. The third-order valence-corrected chi connectivity index (χ3v) is 3.32. The van der Waals surface area contributed by atoms with E-state index in [9.17, 15) is 4.39 Å². The van der Waals surface area contributed by atoms with Gasteiger partial charge in [0.2, 0.25) is 0 Å². The molecule has 0 bridgehead atoms. The summed E-state index contributed by atoms with van der Waals surface area (Å²) in [6.07, 6.45) is 3.75. The minimum Gasteiger partial charge on any atom is -0.482 e. The number of rotatable bonds is 5. The molecule has 2 atom stereocenters. The highest BCUT2D eigenvalue weighted by atomic mass is 35.5. The number of nitrogens with two attached hydrogens (primary N) is 1. The molecule has 1 heterocycles. The molecule has 0 aliphatic heterocycles. The smallest absolute Gasteiger partial charge is 0.140 e. The standard InChI is InChI=1S/C15H16ClFN2O/c1-2-13(18)15(10-4-3-7-19-9-10)20-14-6-5-11(17)8-12(14)16/h3-9,13,15H,2,18H2,1H3. The summed E-state index contributed by atoms with van der Waals surface area (Å²) >= 11 is 5.99. The summed E-state index contributed by atoms with van der Waals surface area (Å²) in [7, 11) is 0. The zero-order valence-corrected chi connectivity index (χ0v) is 11.8. The van der Waals surface area contributed by atoms with Crippen LogP contribution >= 0.6 is 11.6 Å². The number of benzene rings is 1. The Bertz CT molecular complexity index is 565. The van der Waals surface area contributed by atoms with E-state index in [2.05, 4.69) is 4.98 Å². The molecule has 2 unspecified atom stereocenters. The predicted molar refractivity (Wildman–Crippen MR) is 77.3 cm³/mol. The van der Waals surface area contributed by atoms with Gasteiger partial charge in [-0.3, -0.25) is 4.98 Å². The SMILES string of the molecule is CCC(N)C(Oc1ccc(F)cc1Cl)c1cccnc1. The topological polar surface area (TPSA) is 48.1 Å². The summed E-state index contributed by atoms with van der Waals surface area (Å²) < 4.78 is 18.9. The van der Waals surface area contributed by atoms with Crippen LogP contribution in [0.1, 0.15) is 25.0 Å². The first-order chi connectivity index (χ1) is 9.61. The average molecular weight is 295 g/mol. The van der Waals surface area contributed by atoms with Gasteiger partial charge in [-0.25, -0.2) is 4.39 Å². The lowest BCUT2D eigenvalue weighted by atomic mass is 10.0. The van der Waals surface area contributed by atoms with Crippen molar-refractivity contribution in [2.75, 3.05) is 0 Å². The second-order valence-corrected chi connectivity index (χ2v) is 4.88. The normalized spacial score (nSPS) is 13.8. The molecule has 0 saturated carbocycles. The van der Waals surface area contributed by atoms with E-state index < -0.39 is 5.82 Å². The first-order valence-electron chi connectivity index (χ1n) is 6.39. The van der Waals surface area contributed by atoms with Crippen LogP contribution in [0.2, 0.25) is 5.02 Å². The van der Waals surface area contributed by atoms with E-state index >= 15 is 0 Å². The third kappa shape index (κ3) is 3.46. The molecule has 5 heteroatoms. The fraction of sp³-hybridized carbons (Fsp3) is 0.267. The van der Waals surface area contributed by atoms with E-state index in [4.69, 9.17) is 22.1 Å². The van der Waals surface area contributed by atoms with Crippen molar-refractivity contribution < 1.29 is 9.13 Å². The Labute approximate surface area is 122 Å². The highest BCUT2D eigenvalue weighted by Crippen LogP contribution is 2.31. The Morgan fingerprint density at radius 2 is 2.20 bits per heavy atom. The molecule has 106 valence electrons. The molecule has 0 aliphatic carbocycles. The Morgan fingerprint density at radius 3 is 2.80 bits per heavy atom. The maximum Gasteiger partial charge on any atom is 0.140 e. The number of ether oxygens (including phenoxy) is 1. The fourth-order valence-corrected chi connectivity index (χ4v) is 2.08. The summed E-state index contributed by atoms with van der Waals surface area (Å²) in [5.74, 6) is 0.00545. The molecule has 0 amide bonds. The van der Waals surface area contributed by atoms with Gasteiger partial charge in [0.1, 0.15) is 17.7 Å². The fourth-order valence-electron chi connectivity index (χ4n) is 1.87. The number of aromatic nitrogens is 1. The van der Waals surface area contributed by atoms with Gasteiger partial charge in [0.05, 0.1) is 5.02 Å². The Balaban J connectivity index is 2.29. The van der Waals surface area contributed by atoms with Gasteiger partial charge in [0.25, 0.3) is 0 Å². The van der Waals surface area contributed by atoms with Crippen molar-refractivity contribution in [3.63, 3.8) is 0 Å². The molecule has 1 aromatic heterocycles. The quantitative estimate of drug-likeness (QED) is 0.914. The van der Waals surface area contributed by atoms with Crippen LogP contribution in [0.5, 0.6) is 5.75 Å². The molecule has 1 aromatic carbocycles. The summed E-state index contributed by atoms with van der Waals surface area (Å²) in [4.78, 5) is 4.07. The van der Waals surface area contributed by atoms with E-state index in [1.165, 1.54) is 18.2 Å². The van der Waals surface area contributed by atoms with Crippen LogP contribution in [-0.4, -0.2) is 11.0 Å². The van der Waals surface area contributed by atoms with Gasteiger partial charge < -0.3 is 10.5 Å². The second kappa shape index (κ2) is 6.68. The number of nitrogens with zero attached hydrogens (tertiary/aromatic N) is 1. The van der Waals surface area contributed by atoms with Gasteiger partial charge in [-0.05, 0) is 30.7 Å². The predicted octanol–water partition coefficient (Wildman–Crippen LogP) is 3.73. The lowest BCUT2D eigenvalue weighted by molar-refractivity contribution is 0.170. The van der Waals surface area contributed by atoms with Gasteiger partial charge in [-0.1, -0.05) is 24.6 Å². The molecule has 2 rings (SSSR count). The molecule has 0 radical (unpaired) electrons. The number of hydrogen-bond acceptors (Lipinski definition) is 3. The van der Waals surface area contributed by atoms with Crippen molar-refractivity contribution in [3.05, 3.63) is 59.1 Å². The Hall–Kier alpha value is -1.65. The zero-order chi connectivity index (χ0) is 14.5. The van der Waals surface area contributed by atoms with E-state index in [1.807, 2.05) is 19.1 Å².